The molecule has 1 saturated heterocycles. The topological polar surface area (TPSA) is 56.1 Å². The highest BCUT2D eigenvalue weighted by Crippen LogP contribution is 2.36. The Hall–Kier alpha value is -1.47. The van der Waals surface area contributed by atoms with Gasteiger partial charge in [0.1, 0.15) is 0 Å². The molecule has 1 fully saturated rings. The molecule has 30 heavy (non-hydrogen) atoms. The molecular formula is C22H31Cl2N5O. The third kappa shape index (κ3) is 5.41. The van der Waals surface area contributed by atoms with Gasteiger partial charge < -0.3 is 4.74 Å². The second kappa shape index (κ2) is 9.77. The number of hydrogen-bond donors (Lipinski definition) is 0. The molecular weight excluding hydrogens is 421 g/mol. The number of allylic oxidation sites excluding steroid dienone is 1. The van der Waals surface area contributed by atoms with Crippen molar-refractivity contribution < 1.29 is 4.74 Å². The number of morpholine rings is 1. The van der Waals surface area contributed by atoms with Gasteiger partial charge in [-0.3, -0.25) is 4.90 Å². The number of benzene rings is 1. The molecule has 0 spiro atoms. The van der Waals surface area contributed by atoms with Gasteiger partial charge in [0.2, 0.25) is 0 Å². The van der Waals surface area contributed by atoms with Gasteiger partial charge in [-0.2, -0.15) is 0 Å². The Morgan fingerprint density at radius 1 is 1.13 bits per heavy atom. The first kappa shape index (κ1) is 23.2. The highest BCUT2D eigenvalue weighted by Gasteiger charge is 2.34. The molecule has 2 atom stereocenters. The van der Waals surface area contributed by atoms with E-state index in [-0.39, 0.29) is 17.5 Å². The summed E-state index contributed by atoms with van der Waals surface area (Å²) >= 11 is 12.4. The van der Waals surface area contributed by atoms with Crippen molar-refractivity contribution in [2.45, 2.75) is 46.7 Å². The lowest BCUT2D eigenvalue weighted by Crippen LogP contribution is -2.42. The van der Waals surface area contributed by atoms with Gasteiger partial charge in [0.25, 0.3) is 0 Å². The molecule has 8 heteroatoms. The number of nitrogens with zero attached hydrogens (tertiary/aromatic N) is 5. The maximum absolute atomic E-state index is 6.38. The Labute approximate surface area is 189 Å². The molecule has 1 aromatic heterocycles. The number of hydrogen-bond acceptors (Lipinski definition) is 5. The quantitative estimate of drug-likeness (QED) is 0.595. The first-order valence-electron chi connectivity index (χ1n) is 10.4. The van der Waals surface area contributed by atoms with Gasteiger partial charge in [-0.1, -0.05) is 76.0 Å². The van der Waals surface area contributed by atoms with Crippen LogP contribution in [0.1, 0.15) is 58.1 Å². The SMILES string of the molecule is CC(C)C(c1nnnn1C(/C=C/c1ccc(Cl)cc1Cl)C(C)(C)C)N1CCOCC1. The summed E-state index contributed by atoms with van der Waals surface area (Å²) in [6.45, 7) is 14.2. The Morgan fingerprint density at radius 2 is 1.83 bits per heavy atom. The van der Waals surface area contributed by atoms with E-state index in [2.05, 4.69) is 61.1 Å². The number of halogens is 2. The molecule has 2 heterocycles. The molecule has 6 nitrogen and oxygen atoms in total. The lowest BCUT2D eigenvalue weighted by Gasteiger charge is -2.37. The second-order valence-electron chi connectivity index (χ2n) is 9.15. The van der Waals surface area contributed by atoms with E-state index in [1.54, 1.807) is 6.07 Å². The fourth-order valence-electron chi connectivity index (χ4n) is 3.90. The van der Waals surface area contributed by atoms with Crippen molar-refractivity contribution in [1.82, 2.24) is 25.1 Å². The summed E-state index contributed by atoms with van der Waals surface area (Å²) in [6, 6.07) is 5.60. The van der Waals surface area contributed by atoms with Gasteiger partial charge in [-0.15, -0.1) is 5.10 Å². The third-order valence-corrected chi connectivity index (χ3v) is 5.99. The van der Waals surface area contributed by atoms with Gasteiger partial charge in [0.15, 0.2) is 5.82 Å². The summed E-state index contributed by atoms with van der Waals surface area (Å²) in [5.41, 5.74) is 0.810. The van der Waals surface area contributed by atoms with Crippen LogP contribution in [0.4, 0.5) is 0 Å². The van der Waals surface area contributed by atoms with Crippen LogP contribution in [-0.4, -0.2) is 51.4 Å². The first-order chi connectivity index (χ1) is 14.2. The van der Waals surface area contributed by atoms with Crippen molar-refractivity contribution >= 4 is 29.3 Å². The van der Waals surface area contributed by atoms with Gasteiger partial charge in [0.05, 0.1) is 25.3 Å². The fraction of sp³-hybridized carbons (Fsp3) is 0.591. The lowest BCUT2D eigenvalue weighted by atomic mass is 9.85. The summed E-state index contributed by atoms with van der Waals surface area (Å²) in [6.07, 6.45) is 4.16. The van der Waals surface area contributed by atoms with Crippen molar-refractivity contribution in [3.8, 4) is 0 Å². The molecule has 164 valence electrons. The predicted octanol–water partition coefficient (Wildman–Crippen LogP) is 5.31. The zero-order valence-corrected chi connectivity index (χ0v) is 19.9. The van der Waals surface area contributed by atoms with E-state index in [9.17, 15) is 0 Å². The predicted molar refractivity (Wildman–Crippen MR) is 122 cm³/mol. The van der Waals surface area contributed by atoms with Crippen molar-refractivity contribution in [3.05, 3.63) is 45.7 Å². The molecule has 0 radical (unpaired) electrons. The smallest absolute Gasteiger partial charge is 0.169 e. The molecule has 0 bridgehead atoms. The average Bonchev–Trinajstić information content (AvgIpc) is 3.12. The highest BCUT2D eigenvalue weighted by atomic mass is 35.5. The van der Waals surface area contributed by atoms with E-state index in [4.69, 9.17) is 27.9 Å². The van der Waals surface area contributed by atoms with Gasteiger partial charge in [-0.05, 0) is 39.5 Å². The molecule has 3 rings (SSSR count). The van der Waals surface area contributed by atoms with E-state index >= 15 is 0 Å². The summed E-state index contributed by atoms with van der Waals surface area (Å²) in [5, 5.41) is 14.2. The lowest BCUT2D eigenvalue weighted by molar-refractivity contribution is 0.00148. The minimum atomic E-state index is -0.105. The summed E-state index contributed by atoms with van der Waals surface area (Å²) in [7, 11) is 0. The van der Waals surface area contributed by atoms with Crippen LogP contribution in [0.5, 0.6) is 0 Å². The number of ether oxygens (including phenoxy) is 1. The van der Waals surface area contributed by atoms with Crippen molar-refractivity contribution in [2.75, 3.05) is 26.3 Å². The normalized spacial score (nSPS) is 18.3. The molecule has 0 N–H and O–H groups in total. The number of aromatic nitrogens is 4. The van der Waals surface area contributed by atoms with Crippen molar-refractivity contribution in [3.63, 3.8) is 0 Å². The second-order valence-corrected chi connectivity index (χ2v) is 10.00. The first-order valence-corrected chi connectivity index (χ1v) is 11.2. The van der Waals surface area contributed by atoms with Crippen LogP contribution in [0.2, 0.25) is 10.0 Å². The zero-order valence-electron chi connectivity index (χ0n) is 18.3. The molecule has 0 amide bonds. The average molecular weight is 452 g/mol. The van der Waals surface area contributed by atoms with Gasteiger partial charge >= 0.3 is 0 Å². The minimum absolute atomic E-state index is 0.0449. The van der Waals surface area contributed by atoms with E-state index < -0.39 is 0 Å². The number of rotatable bonds is 6. The Bertz CT molecular complexity index is 869. The van der Waals surface area contributed by atoms with E-state index in [0.29, 0.717) is 16.0 Å². The molecule has 2 aromatic rings. The Morgan fingerprint density at radius 3 is 2.43 bits per heavy atom. The maximum Gasteiger partial charge on any atom is 0.169 e. The Kier molecular flexibility index (Phi) is 7.56. The molecule has 2 unspecified atom stereocenters. The van der Waals surface area contributed by atoms with E-state index in [1.165, 1.54) is 0 Å². The molecule has 0 saturated carbocycles. The van der Waals surface area contributed by atoms with Crippen molar-refractivity contribution in [1.29, 1.82) is 0 Å². The molecule has 1 aliphatic heterocycles. The highest BCUT2D eigenvalue weighted by molar-refractivity contribution is 6.35. The Balaban J connectivity index is 1.98. The van der Waals surface area contributed by atoms with Gasteiger partial charge in [0, 0.05) is 23.1 Å². The summed E-state index contributed by atoms with van der Waals surface area (Å²) in [4.78, 5) is 2.43. The maximum atomic E-state index is 6.38. The number of tetrazole rings is 1. The third-order valence-electron chi connectivity index (χ3n) is 5.42. The summed E-state index contributed by atoms with van der Waals surface area (Å²) in [5.74, 6) is 1.25. The monoisotopic (exact) mass is 451 g/mol. The molecule has 1 aromatic carbocycles. The van der Waals surface area contributed by atoms with Crippen LogP contribution in [0.3, 0.4) is 0 Å². The van der Waals surface area contributed by atoms with Crippen LogP contribution in [0.25, 0.3) is 6.08 Å². The van der Waals surface area contributed by atoms with E-state index in [0.717, 1.165) is 37.7 Å². The standard InChI is InChI=1S/C22H31Cl2N5O/c1-15(2)20(28-10-12-30-13-11-28)21-25-26-27-29(21)19(22(3,4)5)9-7-16-6-8-17(23)14-18(16)24/h6-9,14-15,19-20H,10-13H2,1-5H3/b9-7+. The molecule has 1 aliphatic rings. The van der Waals surface area contributed by atoms with Gasteiger partial charge in [-0.25, -0.2) is 4.68 Å². The van der Waals surface area contributed by atoms with Crippen LogP contribution >= 0.6 is 23.2 Å². The van der Waals surface area contributed by atoms with E-state index in [1.807, 2.05) is 22.9 Å². The summed E-state index contributed by atoms with van der Waals surface area (Å²) < 4.78 is 7.53. The minimum Gasteiger partial charge on any atom is -0.379 e. The molecule has 0 aliphatic carbocycles. The van der Waals surface area contributed by atoms with Crippen LogP contribution in [0, 0.1) is 11.3 Å². The van der Waals surface area contributed by atoms with Crippen LogP contribution in [0.15, 0.2) is 24.3 Å². The zero-order chi connectivity index (χ0) is 21.9. The van der Waals surface area contributed by atoms with Crippen molar-refractivity contribution in [2.24, 2.45) is 11.3 Å². The van der Waals surface area contributed by atoms with Crippen LogP contribution < -0.4 is 0 Å². The fourth-order valence-corrected chi connectivity index (χ4v) is 4.37. The van der Waals surface area contributed by atoms with Crippen LogP contribution in [-0.2, 0) is 4.74 Å². The largest absolute Gasteiger partial charge is 0.379 e.